The maximum absolute atomic E-state index is 13.7. The Morgan fingerprint density at radius 2 is 0.878 bits per heavy atom. The number of hydrogen-bond acceptors (Lipinski definition) is 16. The van der Waals surface area contributed by atoms with Crippen molar-refractivity contribution >= 4 is 35.3 Å². The van der Waals surface area contributed by atoms with E-state index in [1.807, 2.05) is 36.4 Å². The third kappa shape index (κ3) is 13.0. The molecule has 74 heavy (non-hydrogen) atoms. The highest BCUT2D eigenvalue weighted by molar-refractivity contribution is 6.01. The zero-order valence-corrected chi connectivity index (χ0v) is 42.5. The zero-order chi connectivity index (χ0) is 53.1. The zero-order valence-electron chi connectivity index (χ0n) is 42.5. The van der Waals surface area contributed by atoms with E-state index in [0.717, 1.165) is 51.9 Å². The van der Waals surface area contributed by atoms with E-state index < -0.39 is 45.6 Å². The first-order valence-corrected chi connectivity index (χ1v) is 24.5. The molecule has 2 N–H and O–H groups in total. The van der Waals surface area contributed by atoms with Crippen LogP contribution in [-0.2, 0) is 51.2 Å². The topological polar surface area (TPSA) is 222 Å². The molecule has 2 saturated heterocycles. The van der Waals surface area contributed by atoms with Gasteiger partial charge in [-0.2, -0.15) is 0 Å². The fourth-order valence-corrected chi connectivity index (χ4v) is 10.2. The van der Waals surface area contributed by atoms with Gasteiger partial charge in [-0.25, -0.2) is 19.2 Å². The van der Waals surface area contributed by atoms with Crippen LogP contribution in [-0.4, -0.2) is 96.1 Å². The van der Waals surface area contributed by atoms with Crippen molar-refractivity contribution in [3.05, 3.63) is 197 Å². The van der Waals surface area contributed by atoms with Crippen molar-refractivity contribution in [1.29, 1.82) is 0 Å². The number of benzene rings is 4. The Kier molecular flexibility index (Phi) is 17.9. The third-order valence-electron chi connectivity index (χ3n) is 13.6. The first kappa shape index (κ1) is 53.8. The number of non-ortho nitro benzene ring substituents is 2. The second kappa shape index (κ2) is 24.6. The molecular weight excluding hydrogens is 949 g/mol. The van der Waals surface area contributed by atoms with Gasteiger partial charge in [0.05, 0.1) is 58.2 Å². The minimum absolute atomic E-state index is 0.132. The summed E-state index contributed by atoms with van der Waals surface area (Å²) in [6, 6.07) is 32.2. The minimum Gasteiger partial charge on any atom is -0.466 e. The standard InChI is InChI=1S/2C28H31N3O6/c2*1-18-24(27(32)36-3)26(21-11-7-12-22(15-21)31(34)35)25(19(2)29-18)28(33)37-23-13-8-14-30(17-23)16-20-9-5-4-6-10-20/h2*4-7,9-12,15,23,26,29H,8,13-14,16-17H2,1-3H3/t2*23-,26-/m11/s1. The molecule has 4 aromatic rings. The number of carbonyl (C=O) groups excluding carboxylic acids is 4. The number of allylic oxidation sites excluding steroid dienone is 4. The van der Waals surface area contributed by atoms with E-state index in [1.54, 1.807) is 52.0 Å². The van der Waals surface area contributed by atoms with Crippen molar-refractivity contribution in [2.75, 3.05) is 40.4 Å². The normalized spacial score (nSPS) is 20.3. The van der Waals surface area contributed by atoms with Gasteiger partial charge in [-0.3, -0.25) is 30.0 Å². The fraction of sp³-hybridized carbons (Fsp3) is 0.357. The number of dihydropyridines is 2. The first-order valence-electron chi connectivity index (χ1n) is 24.5. The highest BCUT2D eigenvalue weighted by atomic mass is 16.6. The Balaban J connectivity index is 0.000000216. The van der Waals surface area contributed by atoms with Gasteiger partial charge in [-0.15, -0.1) is 0 Å². The monoisotopic (exact) mass is 1010 g/mol. The van der Waals surface area contributed by atoms with Crippen LogP contribution in [0.5, 0.6) is 0 Å². The molecule has 18 heteroatoms. The molecule has 4 heterocycles. The van der Waals surface area contributed by atoms with E-state index in [9.17, 15) is 39.4 Å². The number of rotatable bonds is 14. The molecule has 388 valence electrons. The average molecular weight is 1010 g/mol. The molecular formula is C56H62N6O12. The summed E-state index contributed by atoms with van der Waals surface area (Å²) in [6.07, 6.45) is 2.62. The summed E-state index contributed by atoms with van der Waals surface area (Å²) in [6.45, 7) is 11.5. The maximum Gasteiger partial charge on any atom is 0.337 e. The van der Waals surface area contributed by atoms with E-state index in [2.05, 4.69) is 44.7 Å². The molecule has 0 bridgehead atoms. The van der Waals surface area contributed by atoms with E-state index in [1.165, 1.54) is 49.6 Å². The summed E-state index contributed by atoms with van der Waals surface area (Å²) in [4.78, 5) is 79.4. The summed E-state index contributed by atoms with van der Waals surface area (Å²) in [5.41, 5.74) is 6.02. The molecule has 8 rings (SSSR count). The summed E-state index contributed by atoms with van der Waals surface area (Å²) in [5.74, 6) is -4.09. The molecule has 0 unspecified atom stereocenters. The molecule has 4 aliphatic rings. The molecule has 0 saturated carbocycles. The fourth-order valence-electron chi connectivity index (χ4n) is 10.2. The number of carbonyl (C=O) groups is 4. The van der Waals surface area contributed by atoms with Crippen LogP contribution in [0.2, 0.25) is 0 Å². The Morgan fingerprint density at radius 3 is 1.22 bits per heavy atom. The van der Waals surface area contributed by atoms with Crippen LogP contribution in [0, 0.1) is 20.2 Å². The number of nitrogens with one attached hydrogen (secondary N) is 2. The number of hydrogen-bond donors (Lipinski definition) is 2. The molecule has 4 aromatic carbocycles. The number of piperidine rings is 2. The molecule has 0 aromatic heterocycles. The third-order valence-corrected chi connectivity index (χ3v) is 13.6. The van der Waals surface area contributed by atoms with Gasteiger partial charge in [-0.1, -0.05) is 84.9 Å². The first-order chi connectivity index (χ1) is 35.6. The molecule has 18 nitrogen and oxygen atoms in total. The van der Waals surface area contributed by atoms with Crippen LogP contribution in [0.25, 0.3) is 0 Å². The summed E-state index contributed by atoms with van der Waals surface area (Å²) >= 11 is 0. The lowest BCUT2D eigenvalue weighted by Gasteiger charge is -2.34. The minimum atomic E-state index is -0.870. The molecule has 0 radical (unpaired) electrons. The summed E-state index contributed by atoms with van der Waals surface area (Å²) in [5, 5.41) is 29.1. The number of methoxy groups -OCH3 is 2. The largest absolute Gasteiger partial charge is 0.466 e. The highest BCUT2D eigenvalue weighted by Crippen LogP contribution is 2.42. The number of nitro benzene ring substituents is 2. The molecule has 4 atom stereocenters. The predicted molar refractivity (Wildman–Crippen MR) is 274 cm³/mol. The van der Waals surface area contributed by atoms with E-state index in [0.29, 0.717) is 47.0 Å². The Morgan fingerprint density at radius 1 is 0.527 bits per heavy atom. The SMILES string of the molecule is COC(=O)C1=C(C)NC(C)=C(C(=O)O[C@@H]2CCCN(Cc3ccccc3)C2)[C@@H]1c1cccc([N+](=O)[O-])c1.COC(=O)C1=C(C)NC(C)=C(C(=O)O[C@@H]2CCCN(Cc3ccccc3)C2)[C@@H]1c1cccc([N+](=O)[O-])c1. The number of nitro groups is 2. The number of ether oxygens (including phenoxy) is 4. The quantitative estimate of drug-likeness (QED) is 0.0524. The van der Waals surface area contributed by atoms with Crippen molar-refractivity contribution in [3.63, 3.8) is 0 Å². The van der Waals surface area contributed by atoms with Gasteiger partial charge in [0.2, 0.25) is 0 Å². The van der Waals surface area contributed by atoms with Gasteiger partial charge < -0.3 is 29.6 Å². The lowest BCUT2D eigenvalue weighted by Crippen LogP contribution is -2.41. The van der Waals surface area contributed by atoms with E-state index in [4.69, 9.17) is 18.9 Å². The van der Waals surface area contributed by atoms with E-state index in [-0.39, 0.29) is 45.9 Å². The second-order valence-corrected chi connectivity index (χ2v) is 18.7. The molecule has 0 aliphatic carbocycles. The van der Waals surface area contributed by atoms with Crippen LogP contribution in [0.1, 0.15) is 87.5 Å². The Labute approximate surface area is 430 Å². The smallest absolute Gasteiger partial charge is 0.337 e. The van der Waals surface area contributed by atoms with Crippen LogP contribution in [0.3, 0.4) is 0 Å². The maximum atomic E-state index is 13.7. The Bertz CT molecular complexity index is 2700. The van der Waals surface area contributed by atoms with Crippen molar-refractivity contribution in [2.45, 2.75) is 90.5 Å². The van der Waals surface area contributed by atoms with Crippen molar-refractivity contribution in [1.82, 2.24) is 20.4 Å². The van der Waals surface area contributed by atoms with Crippen LogP contribution < -0.4 is 10.6 Å². The molecule has 0 amide bonds. The summed E-state index contributed by atoms with van der Waals surface area (Å²) < 4.78 is 22.1. The lowest BCUT2D eigenvalue weighted by molar-refractivity contribution is -0.385. The van der Waals surface area contributed by atoms with Crippen LogP contribution in [0.4, 0.5) is 11.4 Å². The average Bonchev–Trinajstić information content (AvgIpc) is 3.38. The van der Waals surface area contributed by atoms with Crippen molar-refractivity contribution in [3.8, 4) is 0 Å². The second-order valence-electron chi connectivity index (χ2n) is 18.7. The van der Waals surface area contributed by atoms with Crippen molar-refractivity contribution in [2.24, 2.45) is 0 Å². The van der Waals surface area contributed by atoms with Gasteiger partial charge in [0.15, 0.2) is 0 Å². The molecule has 4 aliphatic heterocycles. The van der Waals surface area contributed by atoms with E-state index >= 15 is 0 Å². The van der Waals surface area contributed by atoms with Gasteiger partial charge in [-0.05, 0) is 88.7 Å². The van der Waals surface area contributed by atoms with Crippen LogP contribution in [0.15, 0.2) is 154 Å². The Hall–Kier alpha value is -7.96. The van der Waals surface area contributed by atoms with Crippen LogP contribution >= 0.6 is 0 Å². The molecule has 0 spiro atoms. The van der Waals surface area contributed by atoms with Gasteiger partial charge in [0.1, 0.15) is 12.2 Å². The molecule has 2 fully saturated rings. The lowest BCUT2D eigenvalue weighted by atomic mass is 9.80. The van der Waals surface area contributed by atoms with Gasteiger partial charge in [0.25, 0.3) is 11.4 Å². The predicted octanol–water partition coefficient (Wildman–Crippen LogP) is 8.42. The summed E-state index contributed by atoms with van der Waals surface area (Å²) in [7, 11) is 2.53. The number of esters is 4. The van der Waals surface area contributed by atoms with Gasteiger partial charge in [0, 0.05) is 73.2 Å². The number of nitrogens with zero attached hydrogens (tertiary/aromatic N) is 4. The van der Waals surface area contributed by atoms with Gasteiger partial charge >= 0.3 is 23.9 Å². The highest BCUT2D eigenvalue weighted by Gasteiger charge is 2.41. The number of likely N-dealkylation sites (tertiary alicyclic amines) is 2. The van der Waals surface area contributed by atoms with Crippen molar-refractivity contribution < 1.29 is 48.0 Å².